The van der Waals surface area contributed by atoms with E-state index in [0.29, 0.717) is 22.3 Å². The molecule has 2 aromatic heterocycles. The van der Waals surface area contributed by atoms with Gasteiger partial charge in [0.1, 0.15) is 0 Å². The Morgan fingerprint density at radius 2 is 1.88 bits per heavy atom. The van der Waals surface area contributed by atoms with Crippen molar-refractivity contribution in [2.24, 2.45) is 0 Å². The van der Waals surface area contributed by atoms with Gasteiger partial charge < -0.3 is 9.97 Å². The maximum absolute atomic E-state index is 12.7. The number of aromatic amines is 2. The number of nitrogens with one attached hydrogen (secondary N) is 2. The fourth-order valence-electron chi connectivity index (χ4n) is 2.92. The van der Waals surface area contributed by atoms with Crippen LogP contribution in [0.25, 0.3) is 33.3 Å². The van der Waals surface area contributed by atoms with Crippen molar-refractivity contribution in [2.45, 2.75) is 0 Å². The van der Waals surface area contributed by atoms with Crippen LogP contribution in [0.3, 0.4) is 0 Å². The molecule has 0 saturated heterocycles. The van der Waals surface area contributed by atoms with Crippen LogP contribution < -0.4 is 5.56 Å². The second-order valence-corrected chi connectivity index (χ2v) is 5.41. The Bertz CT molecular complexity index is 1120. The molecule has 2 aromatic carbocycles. The van der Waals surface area contributed by atoms with E-state index >= 15 is 0 Å². The Morgan fingerprint density at radius 1 is 1.04 bits per heavy atom. The largest absolute Gasteiger partial charge is 0.344 e. The minimum absolute atomic E-state index is 0.199. The Hall–Kier alpha value is -3.65. The monoisotopic (exact) mass is 312 g/mol. The molecule has 114 valence electrons. The van der Waals surface area contributed by atoms with E-state index in [4.69, 9.17) is 0 Å². The van der Waals surface area contributed by atoms with Gasteiger partial charge >= 0.3 is 0 Å². The molecule has 0 atom stereocenters. The lowest BCUT2D eigenvalue weighted by molar-refractivity contribution is 1.27. The molecular formula is C19H12N4O. The molecule has 5 heteroatoms. The van der Waals surface area contributed by atoms with Crippen LogP contribution >= 0.6 is 0 Å². The second-order valence-electron chi connectivity index (χ2n) is 5.41. The predicted molar refractivity (Wildman–Crippen MR) is 92.3 cm³/mol. The number of imidazole rings is 1. The van der Waals surface area contributed by atoms with E-state index in [0.717, 1.165) is 16.5 Å². The second kappa shape index (κ2) is 5.52. The van der Waals surface area contributed by atoms with Crippen molar-refractivity contribution in [2.75, 3.05) is 0 Å². The summed E-state index contributed by atoms with van der Waals surface area (Å²) in [5.74, 6) is 0. The number of H-pyrrole nitrogens is 2. The zero-order valence-electron chi connectivity index (χ0n) is 12.6. The highest BCUT2D eigenvalue weighted by atomic mass is 16.1. The molecular weight excluding hydrogens is 300 g/mol. The topological polar surface area (TPSA) is 85.3 Å². The van der Waals surface area contributed by atoms with Gasteiger partial charge in [-0.05, 0) is 23.8 Å². The molecule has 0 bridgehead atoms. The number of nitriles is 1. The Balaban J connectivity index is 2.20. The number of hydrogen-bond acceptors (Lipinski definition) is 3. The molecule has 0 radical (unpaired) electrons. The smallest absolute Gasteiger partial charge is 0.258 e. The molecule has 0 aliphatic carbocycles. The average molecular weight is 312 g/mol. The number of fused-ring (bicyclic) bond motifs is 1. The zero-order valence-corrected chi connectivity index (χ0v) is 12.6. The summed E-state index contributed by atoms with van der Waals surface area (Å²) in [6.45, 7) is 0. The molecule has 0 unspecified atom stereocenters. The van der Waals surface area contributed by atoms with E-state index in [1.54, 1.807) is 30.7 Å². The van der Waals surface area contributed by atoms with Crippen LogP contribution in [-0.4, -0.2) is 15.0 Å². The predicted octanol–water partition coefficient (Wildman–Crippen LogP) is 3.46. The fraction of sp³-hybridized carbons (Fsp3) is 0. The van der Waals surface area contributed by atoms with Crippen molar-refractivity contribution in [1.29, 1.82) is 5.26 Å². The average Bonchev–Trinajstić information content (AvgIpc) is 3.15. The van der Waals surface area contributed by atoms with Gasteiger partial charge in [0.25, 0.3) is 5.56 Å². The maximum atomic E-state index is 12.7. The molecule has 4 rings (SSSR count). The minimum atomic E-state index is -0.199. The highest BCUT2D eigenvalue weighted by molar-refractivity contribution is 6.02. The van der Waals surface area contributed by atoms with E-state index < -0.39 is 0 Å². The van der Waals surface area contributed by atoms with Gasteiger partial charge in [0.15, 0.2) is 0 Å². The summed E-state index contributed by atoms with van der Waals surface area (Å²) >= 11 is 0. The normalized spacial score (nSPS) is 10.6. The number of aromatic nitrogens is 3. The van der Waals surface area contributed by atoms with Gasteiger partial charge in [0.05, 0.1) is 35.4 Å². The number of nitrogens with zero attached hydrogens (tertiary/aromatic N) is 2. The zero-order chi connectivity index (χ0) is 16.5. The van der Waals surface area contributed by atoms with Gasteiger partial charge in [-0.1, -0.05) is 30.3 Å². The standard InChI is InChI=1S/C19H12N4O/c20-9-12-6-7-15-14(8-12)17(13-4-2-1-3-5-13)18(19(24)23-15)16-10-21-11-22-16/h1-8,10-11H,(H,21,22)(H,23,24). The molecule has 0 amide bonds. The van der Waals surface area contributed by atoms with Crippen LogP contribution in [-0.2, 0) is 0 Å². The van der Waals surface area contributed by atoms with Crippen molar-refractivity contribution >= 4 is 10.9 Å². The maximum Gasteiger partial charge on any atom is 0.258 e. The molecule has 2 N–H and O–H groups in total. The van der Waals surface area contributed by atoms with Crippen LogP contribution in [0.2, 0.25) is 0 Å². The molecule has 0 aliphatic rings. The first-order chi connectivity index (χ1) is 11.8. The highest BCUT2D eigenvalue weighted by Crippen LogP contribution is 2.34. The number of rotatable bonds is 2. The summed E-state index contributed by atoms with van der Waals surface area (Å²) in [4.78, 5) is 22.6. The Morgan fingerprint density at radius 3 is 2.58 bits per heavy atom. The van der Waals surface area contributed by atoms with Crippen LogP contribution in [0.1, 0.15) is 5.56 Å². The van der Waals surface area contributed by atoms with Crippen molar-refractivity contribution in [1.82, 2.24) is 15.0 Å². The number of pyridine rings is 1. The number of hydrogen-bond donors (Lipinski definition) is 2. The molecule has 4 aromatic rings. The van der Waals surface area contributed by atoms with E-state index in [9.17, 15) is 10.1 Å². The van der Waals surface area contributed by atoms with E-state index in [2.05, 4.69) is 21.0 Å². The number of benzene rings is 2. The van der Waals surface area contributed by atoms with Gasteiger partial charge in [-0.15, -0.1) is 0 Å². The van der Waals surface area contributed by atoms with Gasteiger partial charge in [-0.3, -0.25) is 4.79 Å². The summed E-state index contributed by atoms with van der Waals surface area (Å²) in [5.41, 5.74) is 3.89. The first-order valence-corrected chi connectivity index (χ1v) is 7.42. The SMILES string of the molecule is N#Cc1ccc2[nH]c(=O)c(-c3cnc[nH]3)c(-c3ccccc3)c2c1. The lowest BCUT2D eigenvalue weighted by Gasteiger charge is -2.12. The Kier molecular flexibility index (Phi) is 3.22. The molecule has 5 nitrogen and oxygen atoms in total. The third-order valence-electron chi connectivity index (χ3n) is 3.97. The molecule has 0 fully saturated rings. The van der Waals surface area contributed by atoms with Crippen LogP contribution in [0, 0.1) is 11.3 Å². The highest BCUT2D eigenvalue weighted by Gasteiger charge is 2.17. The first kappa shape index (κ1) is 14.0. The van der Waals surface area contributed by atoms with Gasteiger partial charge in [-0.25, -0.2) is 4.98 Å². The Labute approximate surface area is 137 Å². The summed E-state index contributed by atoms with van der Waals surface area (Å²) < 4.78 is 0. The van der Waals surface area contributed by atoms with Crippen molar-refractivity contribution < 1.29 is 0 Å². The molecule has 0 saturated carbocycles. The third kappa shape index (κ3) is 2.18. The van der Waals surface area contributed by atoms with Crippen LogP contribution in [0.5, 0.6) is 0 Å². The van der Waals surface area contributed by atoms with E-state index in [-0.39, 0.29) is 5.56 Å². The lowest BCUT2D eigenvalue weighted by Crippen LogP contribution is -2.11. The summed E-state index contributed by atoms with van der Waals surface area (Å²) in [6.07, 6.45) is 3.16. The van der Waals surface area contributed by atoms with Gasteiger partial charge in [-0.2, -0.15) is 5.26 Å². The van der Waals surface area contributed by atoms with Crippen LogP contribution in [0.15, 0.2) is 65.8 Å². The minimum Gasteiger partial charge on any atom is -0.344 e. The molecule has 2 heterocycles. The fourth-order valence-corrected chi connectivity index (χ4v) is 2.92. The van der Waals surface area contributed by atoms with Gasteiger partial charge in [0.2, 0.25) is 0 Å². The molecule has 0 aliphatic heterocycles. The quantitative estimate of drug-likeness (QED) is 0.594. The third-order valence-corrected chi connectivity index (χ3v) is 3.97. The van der Waals surface area contributed by atoms with E-state index in [1.165, 1.54) is 0 Å². The molecule has 0 spiro atoms. The van der Waals surface area contributed by atoms with Crippen molar-refractivity contribution in [3.05, 3.63) is 77.0 Å². The summed E-state index contributed by atoms with van der Waals surface area (Å²) in [7, 11) is 0. The first-order valence-electron chi connectivity index (χ1n) is 7.42. The van der Waals surface area contributed by atoms with E-state index in [1.807, 2.05) is 30.3 Å². The van der Waals surface area contributed by atoms with Crippen LogP contribution in [0.4, 0.5) is 0 Å². The van der Waals surface area contributed by atoms with Crippen molar-refractivity contribution in [3.8, 4) is 28.5 Å². The summed E-state index contributed by atoms with van der Waals surface area (Å²) in [6, 6.07) is 17.1. The summed E-state index contributed by atoms with van der Waals surface area (Å²) in [5, 5.41) is 10.1. The van der Waals surface area contributed by atoms with Gasteiger partial charge in [0, 0.05) is 16.5 Å². The molecule has 24 heavy (non-hydrogen) atoms. The lowest BCUT2D eigenvalue weighted by atomic mass is 9.94. The van der Waals surface area contributed by atoms with Crippen molar-refractivity contribution in [3.63, 3.8) is 0 Å².